The second-order valence-electron chi connectivity index (χ2n) is 5.10. The molecule has 0 bridgehead atoms. The van der Waals surface area contributed by atoms with Crippen LogP contribution in [0, 0.1) is 0 Å². The van der Waals surface area contributed by atoms with Crippen LogP contribution in [0.5, 0.6) is 0 Å². The lowest BCUT2D eigenvalue weighted by atomic mass is 10.0. The van der Waals surface area contributed by atoms with Crippen LogP contribution in [-0.4, -0.2) is 28.7 Å². The van der Waals surface area contributed by atoms with Gasteiger partial charge in [0.05, 0.1) is 17.0 Å². The summed E-state index contributed by atoms with van der Waals surface area (Å²) in [6.45, 7) is 0. The number of oxime groups is 1. The molecule has 0 aliphatic carbocycles. The highest BCUT2D eigenvalue weighted by atomic mass is 32.1. The van der Waals surface area contributed by atoms with Gasteiger partial charge in [-0.2, -0.15) is 13.2 Å². The average molecular weight is 356 g/mol. The van der Waals surface area contributed by atoms with E-state index >= 15 is 0 Å². The van der Waals surface area contributed by atoms with Gasteiger partial charge in [0, 0.05) is 5.69 Å². The van der Waals surface area contributed by atoms with Crippen LogP contribution < -0.4 is 5.32 Å². The third-order valence-electron chi connectivity index (χ3n) is 3.38. The highest BCUT2D eigenvalue weighted by molar-refractivity contribution is 7.12. The predicted octanol–water partition coefficient (Wildman–Crippen LogP) is 3.38. The minimum atomic E-state index is -4.94. The number of nitrogens with one attached hydrogen (secondary N) is 1. The van der Waals surface area contributed by atoms with Crippen molar-refractivity contribution >= 4 is 28.6 Å². The van der Waals surface area contributed by atoms with Crippen LogP contribution in [-0.2, 0) is 4.84 Å². The van der Waals surface area contributed by atoms with Gasteiger partial charge in [0.1, 0.15) is 0 Å². The lowest BCUT2D eigenvalue weighted by molar-refractivity contribution is -0.355. The summed E-state index contributed by atoms with van der Waals surface area (Å²) < 4.78 is 38.0. The molecule has 2 N–H and O–H groups in total. The summed E-state index contributed by atoms with van der Waals surface area (Å²) in [6.07, 6.45) is -5.73. The van der Waals surface area contributed by atoms with Crippen LogP contribution in [0.4, 0.5) is 18.9 Å². The number of hydrogen-bond donors (Lipinski definition) is 2. The first-order valence-corrected chi connectivity index (χ1v) is 7.66. The molecular formula is C15H11F3N2O3S. The first kappa shape index (κ1) is 16.5. The Bertz CT molecular complexity index is 772. The molecular weight excluding hydrogens is 345 g/mol. The fraction of sp³-hybridized carbons (Fsp3) is 0.200. The van der Waals surface area contributed by atoms with E-state index in [1.807, 2.05) is 0 Å². The maximum Gasteiger partial charge on any atom is 0.458 e. The Morgan fingerprint density at radius 1 is 1.29 bits per heavy atom. The summed E-state index contributed by atoms with van der Waals surface area (Å²) in [5.41, 5.74) is 0.831. The molecule has 1 aliphatic rings. The summed E-state index contributed by atoms with van der Waals surface area (Å²) in [5, 5.41) is 17.2. The number of nitrogens with zero attached hydrogens (tertiary/aromatic N) is 1. The Kier molecular flexibility index (Phi) is 4.06. The summed E-state index contributed by atoms with van der Waals surface area (Å²) in [4.78, 5) is 16.6. The molecule has 0 radical (unpaired) electrons. The minimum absolute atomic E-state index is 0.0223. The monoisotopic (exact) mass is 356 g/mol. The van der Waals surface area contributed by atoms with Crippen LogP contribution >= 0.6 is 11.3 Å². The molecule has 3 rings (SSSR count). The maximum absolute atomic E-state index is 12.7. The molecule has 2 heterocycles. The number of thiophene rings is 1. The molecule has 1 aromatic heterocycles. The number of benzene rings is 1. The Balaban J connectivity index is 1.69. The maximum atomic E-state index is 12.7. The van der Waals surface area contributed by atoms with Crippen molar-refractivity contribution in [3.8, 4) is 0 Å². The molecule has 126 valence electrons. The quantitative estimate of drug-likeness (QED) is 0.886. The summed E-state index contributed by atoms with van der Waals surface area (Å²) >= 11 is 1.29. The minimum Gasteiger partial charge on any atom is -0.350 e. The number of alkyl halides is 3. The molecule has 1 atom stereocenters. The molecule has 0 spiro atoms. The summed E-state index contributed by atoms with van der Waals surface area (Å²) in [7, 11) is 0. The van der Waals surface area contributed by atoms with E-state index < -0.39 is 18.4 Å². The van der Waals surface area contributed by atoms with Crippen LogP contribution in [0.2, 0.25) is 0 Å². The molecule has 1 aliphatic heterocycles. The van der Waals surface area contributed by atoms with E-state index in [0.29, 0.717) is 16.1 Å². The second kappa shape index (κ2) is 5.91. The van der Waals surface area contributed by atoms with Gasteiger partial charge >= 0.3 is 12.0 Å². The Morgan fingerprint density at radius 2 is 2.00 bits per heavy atom. The van der Waals surface area contributed by atoms with Gasteiger partial charge < -0.3 is 15.3 Å². The van der Waals surface area contributed by atoms with E-state index in [0.717, 1.165) is 0 Å². The van der Waals surface area contributed by atoms with Crippen LogP contribution in [0.25, 0.3) is 0 Å². The Labute approximate surface area is 138 Å². The Morgan fingerprint density at radius 3 is 2.54 bits per heavy atom. The first-order chi connectivity index (χ1) is 11.3. The number of amides is 1. The molecule has 1 aromatic carbocycles. The molecule has 9 heteroatoms. The molecule has 0 fully saturated rings. The highest BCUT2D eigenvalue weighted by Gasteiger charge is 2.60. The topological polar surface area (TPSA) is 70.9 Å². The van der Waals surface area contributed by atoms with Gasteiger partial charge in [0.15, 0.2) is 0 Å². The van der Waals surface area contributed by atoms with Crippen LogP contribution in [0.3, 0.4) is 0 Å². The molecule has 0 saturated carbocycles. The third kappa shape index (κ3) is 3.13. The zero-order valence-electron chi connectivity index (χ0n) is 12.0. The van der Waals surface area contributed by atoms with E-state index in [2.05, 4.69) is 15.3 Å². The van der Waals surface area contributed by atoms with Crippen molar-refractivity contribution in [2.24, 2.45) is 5.16 Å². The number of carbonyl (C=O) groups is 1. The van der Waals surface area contributed by atoms with Gasteiger partial charge in [-0.25, -0.2) is 0 Å². The Hall–Kier alpha value is -2.39. The van der Waals surface area contributed by atoms with Gasteiger partial charge in [-0.05, 0) is 29.1 Å². The zero-order chi connectivity index (χ0) is 17.4. The second-order valence-corrected chi connectivity index (χ2v) is 6.04. The van der Waals surface area contributed by atoms with Gasteiger partial charge in [-0.15, -0.1) is 11.3 Å². The molecule has 0 saturated heterocycles. The van der Waals surface area contributed by atoms with E-state index in [9.17, 15) is 23.1 Å². The molecule has 1 amide bonds. The summed E-state index contributed by atoms with van der Waals surface area (Å²) in [6, 6.07) is 9.49. The van der Waals surface area contributed by atoms with Gasteiger partial charge in [-0.3, -0.25) is 4.79 Å². The van der Waals surface area contributed by atoms with Crippen molar-refractivity contribution in [3.05, 3.63) is 52.2 Å². The lowest BCUT2D eigenvalue weighted by Gasteiger charge is -2.22. The molecule has 24 heavy (non-hydrogen) atoms. The van der Waals surface area contributed by atoms with Crippen molar-refractivity contribution < 1.29 is 27.9 Å². The lowest BCUT2D eigenvalue weighted by Crippen LogP contribution is -2.45. The fourth-order valence-corrected chi connectivity index (χ4v) is 2.69. The van der Waals surface area contributed by atoms with E-state index in [1.165, 1.54) is 35.6 Å². The van der Waals surface area contributed by atoms with E-state index in [4.69, 9.17) is 0 Å². The van der Waals surface area contributed by atoms with E-state index in [1.54, 1.807) is 17.5 Å². The first-order valence-electron chi connectivity index (χ1n) is 6.78. The smallest absolute Gasteiger partial charge is 0.350 e. The van der Waals surface area contributed by atoms with Crippen molar-refractivity contribution in [1.29, 1.82) is 0 Å². The predicted molar refractivity (Wildman–Crippen MR) is 82.0 cm³/mol. The number of hydrogen-bond acceptors (Lipinski definition) is 5. The number of rotatable bonds is 3. The molecule has 1 unspecified atom stereocenters. The molecule has 5 nitrogen and oxygen atoms in total. The number of anilines is 1. The van der Waals surface area contributed by atoms with Crippen molar-refractivity contribution in [2.45, 2.75) is 18.4 Å². The molecule has 2 aromatic rings. The highest BCUT2D eigenvalue weighted by Crippen LogP contribution is 2.39. The fourth-order valence-electron chi connectivity index (χ4n) is 2.08. The number of halogens is 3. The van der Waals surface area contributed by atoms with Crippen molar-refractivity contribution in [1.82, 2.24) is 0 Å². The van der Waals surface area contributed by atoms with Gasteiger partial charge in [-0.1, -0.05) is 23.4 Å². The van der Waals surface area contributed by atoms with Gasteiger partial charge in [0.25, 0.3) is 5.91 Å². The van der Waals surface area contributed by atoms with E-state index in [-0.39, 0.29) is 11.6 Å². The summed E-state index contributed by atoms with van der Waals surface area (Å²) in [5.74, 6) is -3.57. The number of carbonyl (C=O) groups excluding carboxylic acids is 1. The zero-order valence-corrected chi connectivity index (χ0v) is 12.8. The number of aliphatic hydroxyl groups is 1. The average Bonchev–Trinajstić information content (AvgIpc) is 3.17. The van der Waals surface area contributed by atoms with Gasteiger partial charge in [0.2, 0.25) is 0 Å². The normalized spacial score (nSPS) is 20.4. The standard InChI is InChI=1S/C15H11F3N2O3S/c16-15(17,18)14(22)8-11(20-23-14)9-3-5-10(6-4-9)19-13(21)12-2-1-7-24-12/h1-7,22H,8H2,(H,19,21). The largest absolute Gasteiger partial charge is 0.458 e. The SMILES string of the molecule is O=C(Nc1ccc(C2=NOC(O)(C(F)(F)F)C2)cc1)c1cccs1. The van der Waals surface area contributed by atoms with Crippen molar-refractivity contribution in [3.63, 3.8) is 0 Å². The third-order valence-corrected chi connectivity index (χ3v) is 4.25. The van der Waals surface area contributed by atoms with Crippen LogP contribution in [0.15, 0.2) is 46.9 Å². The van der Waals surface area contributed by atoms with Crippen LogP contribution in [0.1, 0.15) is 21.7 Å². The van der Waals surface area contributed by atoms with Crippen molar-refractivity contribution in [2.75, 3.05) is 5.32 Å².